The molecule has 1 aromatic rings. The van der Waals surface area contributed by atoms with Crippen LogP contribution in [0.5, 0.6) is 0 Å². The Bertz CT molecular complexity index is 709. The van der Waals surface area contributed by atoms with E-state index in [1.54, 1.807) is 0 Å². The summed E-state index contributed by atoms with van der Waals surface area (Å²) in [5.74, 6) is -0.617. The van der Waals surface area contributed by atoms with Crippen LogP contribution in [0.2, 0.25) is 0 Å². The maximum atomic E-state index is 13.1. The maximum Gasteiger partial charge on any atom is 0.326 e. The van der Waals surface area contributed by atoms with Crippen LogP contribution in [0.4, 0.5) is 0 Å². The van der Waals surface area contributed by atoms with Crippen molar-refractivity contribution in [3.05, 3.63) is 28.8 Å². The van der Waals surface area contributed by atoms with Gasteiger partial charge in [-0.2, -0.15) is 4.72 Å². The van der Waals surface area contributed by atoms with Gasteiger partial charge in [-0.05, 0) is 34.4 Å². The Labute approximate surface area is 157 Å². The number of aliphatic hydroxyl groups excluding tert-OH is 1. The number of aliphatic hydroxyl groups is 1. The second kappa shape index (κ2) is 8.97. The molecule has 0 aliphatic rings. The molecule has 0 aromatic heterocycles. The first-order chi connectivity index (χ1) is 12.0. The Morgan fingerprint density at radius 3 is 1.81 bits per heavy atom. The molecule has 26 heavy (non-hydrogen) atoms. The van der Waals surface area contributed by atoms with E-state index in [-0.39, 0.29) is 22.6 Å². The average molecular weight is 386 g/mol. The zero-order valence-corrected chi connectivity index (χ0v) is 17.5. The molecule has 0 spiro atoms. The standard InChI is InChI=1S/C19H31NO5S/c1-11(2)14-8-15(12(3)4)18(16(9-14)13(5)6)26(23,24)20-17(10-21)19(22)25-7/h8-9,11-13,17,20-21H,10H2,1-7H3/t17-/m0/s1. The van der Waals surface area contributed by atoms with Crippen LogP contribution in [0.25, 0.3) is 0 Å². The van der Waals surface area contributed by atoms with Gasteiger partial charge < -0.3 is 9.84 Å². The Balaban J connectivity index is 3.64. The summed E-state index contributed by atoms with van der Waals surface area (Å²) in [5, 5.41) is 9.38. The van der Waals surface area contributed by atoms with Crippen LogP contribution in [0, 0.1) is 0 Å². The number of carbonyl (C=O) groups excluding carboxylic acids is 1. The van der Waals surface area contributed by atoms with Gasteiger partial charge in [0.1, 0.15) is 6.04 Å². The molecule has 0 unspecified atom stereocenters. The van der Waals surface area contributed by atoms with Gasteiger partial charge in [0.25, 0.3) is 0 Å². The van der Waals surface area contributed by atoms with Crippen molar-refractivity contribution in [1.82, 2.24) is 4.72 Å². The molecule has 0 bridgehead atoms. The number of hydrogen-bond acceptors (Lipinski definition) is 5. The first kappa shape index (κ1) is 22.6. The molecular formula is C19H31NO5S. The smallest absolute Gasteiger partial charge is 0.326 e. The summed E-state index contributed by atoms with van der Waals surface area (Å²) in [6, 6.07) is 2.50. The highest BCUT2D eigenvalue weighted by molar-refractivity contribution is 7.89. The van der Waals surface area contributed by atoms with Crippen LogP contribution in [0.1, 0.15) is 76.0 Å². The van der Waals surface area contributed by atoms with Crippen molar-refractivity contribution in [2.75, 3.05) is 13.7 Å². The lowest BCUT2D eigenvalue weighted by atomic mass is 9.89. The first-order valence-electron chi connectivity index (χ1n) is 8.84. The van der Waals surface area contributed by atoms with Crippen molar-refractivity contribution in [2.45, 2.75) is 70.2 Å². The van der Waals surface area contributed by atoms with E-state index in [4.69, 9.17) is 0 Å². The SMILES string of the molecule is COC(=O)[C@H](CO)NS(=O)(=O)c1c(C(C)C)cc(C(C)C)cc1C(C)C. The number of benzene rings is 1. The highest BCUT2D eigenvalue weighted by Crippen LogP contribution is 2.35. The zero-order chi connectivity index (χ0) is 20.2. The summed E-state index contributed by atoms with van der Waals surface area (Å²) in [6.45, 7) is 11.2. The Morgan fingerprint density at radius 1 is 1.04 bits per heavy atom. The Morgan fingerprint density at radius 2 is 1.50 bits per heavy atom. The second-order valence-corrected chi connectivity index (χ2v) is 9.02. The predicted octanol–water partition coefficient (Wildman–Crippen LogP) is 2.87. The van der Waals surface area contributed by atoms with Gasteiger partial charge in [-0.3, -0.25) is 4.79 Å². The number of nitrogens with one attached hydrogen (secondary N) is 1. The molecule has 1 atom stereocenters. The van der Waals surface area contributed by atoms with Gasteiger partial charge in [0.05, 0.1) is 18.6 Å². The van der Waals surface area contributed by atoms with Crippen LogP contribution in [0.3, 0.4) is 0 Å². The largest absolute Gasteiger partial charge is 0.468 e. The van der Waals surface area contributed by atoms with Crippen molar-refractivity contribution in [1.29, 1.82) is 0 Å². The Hall–Kier alpha value is -1.44. The fourth-order valence-corrected chi connectivity index (χ4v) is 4.62. The minimum absolute atomic E-state index is 0.0246. The van der Waals surface area contributed by atoms with E-state index >= 15 is 0 Å². The molecule has 0 radical (unpaired) electrons. The van der Waals surface area contributed by atoms with Crippen molar-refractivity contribution in [2.24, 2.45) is 0 Å². The van der Waals surface area contributed by atoms with E-state index in [1.807, 2.05) is 39.8 Å². The average Bonchev–Trinajstić information content (AvgIpc) is 2.57. The van der Waals surface area contributed by atoms with E-state index in [0.717, 1.165) is 12.7 Å². The number of esters is 1. The van der Waals surface area contributed by atoms with Crippen LogP contribution in [-0.2, 0) is 19.6 Å². The summed E-state index contributed by atoms with van der Waals surface area (Å²) in [4.78, 5) is 11.9. The molecule has 0 aliphatic carbocycles. The van der Waals surface area contributed by atoms with Crippen molar-refractivity contribution in [3.8, 4) is 0 Å². The third-order valence-corrected chi connectivity index (χ3v) is 5.92. The van der Waals surface area contributed by atoms with Crippen molar-refractivity contribution in [3.63, 3.8) is 0 Å². The zero-order valence-electron chi connectivity index (χ0n) is 16.7. The fourth-order valence-electron chi connectivity index (χ4n) is 2.75. The highest BCUT2D eigenvalue weighted by atomic mass is 32.2. The van der Waals surface area contributed by atoms with Gasteiger partial charge in [0, 0.05) is 0 Å². The van der Waals surface area contributed by atoms with Crippen molar-refractivity contribution >= 4 is 16.0 Å². The molecule has 0 heterocycles. The minimum Gasteiger partial charge on any atom is -0.468 e. The fraction of sp³-hybridized carbons (Fsp3) is 0.632. The van der Waals surface area contributed by atoms with E-state index < -0.39 is 28.6 Å². The molecule has 0 saturated heterocycles. The van der Waals surface area contributed by atoms with Crippen LogP contribution in [-0.4, -0.2) is 39.3 Å². The first-order valence-corrected chi connectivity index (χ1v) is 10.3. The number of methoxy groups -OCH3 is 1. The normalized spacial score (nSPS) is 13.5. The molecule has 2 N–H and O–H groups in total. The van der Waals surface area contributed by atoms with Gasteiger partial charge in [-0.25, -0.2) is 8.42 Å². The monoisotopic (exact) mass is 385 g/mol. The molecule has 0 amide bonds. The van der Waals surface area contributed by atoms with Gasteiger partial charge in [0.2, 0.25) is 10.0 Å². The molecule has 0 saturated carbocycles. The molecule has 1 aromatic carbocycles. The summed E-state index contributed by atoms with van der Waals surface area (Å²) in [6.07, 6.45) is 0. The molecule has 7 heteroatoms. The van der Waals surface area contributed by atoms with Gasteiger partial charge in [-0.15, -0.1) is 0 Å². The number of ether oxygens (including phenoxy) is 1. The topological polar surface area (TPSA) is 92.7 Å². The minimum atomic E-state index is -4.03. The van der Waals surface area contributed by atoms with Crippen molar-refractivity contribution < 1.29 is 23.1 Å². The molecule has 0 fully saturated rings. The third kappa shape index (κ3) is 5.05. The molecule has 0 aliphatic heterocycles. The quantitative estimate of drug-likeness (QED) is 0.671. The van der Waals surface area contributed by atoms with Gasteiger partial charge in [-0.1, -0.05) is 53.7 Å². The second-order valence-electron chi connectivity index (χ2n) is 7.37. The molecule has 6 nitrogen and oxygen atoms in total. The van der Waals surface area contributed by atoms with E-state index in [2.05, 4.69) is 23.3 Å². The van der Waals surface area contributed by atoms with Crippen LogP contribution in [0.15, 0.2) is 17.0 Å². The van der Waals surface area contributed by atoms with Gasteiger partial charge >= 0.3 is 5.97 Å². The molecular weight excluding hydrogens is 354 g/mol. The maximum absolute atomic E-state index is 13.1. The lowest BCUT2D eigenvalue weighted by molar-refractivity contribution is -0.143. The number of sulfonamides is 1. The molecule has 148 valence electrons. The lowest BCUT2D eigenvalue weighted by Crippen LogP contribution is -2.44. The van der Waals surface area contributed by atoms with Gasteiger partial charge in [0.15, 0.2) is 0 Å². The van der Waals surface area contributed by atoms with E-state index in [9.17, 15) is 18.3 Å². The summed E-state index contributed by atoms with van der Waals surface area (Å²) >= 11 is 0. The van der Waals surface area contributed by atoms with E-state index in [0.29, 0.717) is 11.1 Å². The number of hydrogen-bond donors (Lipinski definition) is 2. The van der Waals surface area contributed by atoms with Crippen LogP contribution >= 0.6 is 0 Å². The summed E-state index contributed by atoms with van der Waals surface area (Å²) in [7, 11) is -2.88. The summed E-state index contributed by atoms with van der Waals surface area (Å²) in [5.41, 5.74) is 2.48. The molecule has 1 rings (SSSR count). The van der Waals surface area contributed by atoms with Crippen LogP contribution < -0.4 is 4.72 Å². The van der Waals surface area contributed by atoms with E-state index in [1.165, 1.54) is 0 Å². The summed E-state index contributed by atoms with van der Waals surface area (Å²) < 4.78 is 33.1. The Kier molecular flexibility index (Phi) is 7.80. The number of rotatable bonds is 8. The highest BCUT2D eigenvalue weighted by Gasteiger charge is 2.31. The predicted molar refractivity (Wildman–Crippen MR) is 102 cm³/mol. The third-order valence-electron chi connectivity index (χ3n) is 4.31. The number of carbonyl (C=O) groups is 1. The lowest BCUT2D eigenvalue weighted by Gasteiger charge is -2.24.